The molecule has 0 aliphatic carbocycles. The highest BCUT2D eigenvalue weighted by molar-refractivity contribution is 5.87. The predicted molar refractivity (Wildman–Crippen MR) is 72.4 cm³/mol. The van der Waals surface area contributed by atoms with E-state index in [2.05, 4.69) is 5.32 Å². The zero-order valence-corrected chi connectivity index (χ0v) is 11.3. The van der Waals surface area contributed by atoms with Gasteiger partial charge in [0.25, 0.3) is 0 Å². The fourth-order valence-electron chi connectivity index (χ4n) is 1.61. The fraction of sp³-hybridized carbons (Fsp3) is 0.429. The standard InChI is InChI=1S/C14H20N2O3/c1-3-19-14(18)10(2)16-13(17)12(15)9-11-7-5-4-6-8-11/h4-8,10,12H,3,9,15H2,1-2H3,(H,16,17)/t10?,12-/m0/s1. The van der Waals surface area contributed by atoms with Crippen molar-refractivity contribution in [3.63, 3.8) is 0 Å². The molecule has 104 valence electrons. The largest absolute Gasteiger partial charge is 0.464 e. The van der Waals surface area contributed by atoms with Crippen LogP contribution in [0.1, 0.15) is 19.4 Å². The van der Waals surface area contributed by atoms with Crippen LogP contribution in [0.3, 0.4) is 0 Å². The van der Waals surface area contributed by atoms with Gasteiger partial charge in [-0.15, -0.1) is 0 Å². The first-order chi connectivity index (χ1) is 9.04. The Morgan fingerprint density at radius 1 is 1.32 bits per heavy atom. The predicted octanol–water partition coefficient (Wildman–Crippen LogP) is 0.624. The Morgan fingerprint density at radius 3 is 2.53 bits per heavy atom. The molecule has 0 bridgehead atoms. The van der Waals surface area contributed by atoms with Crippen molar-refractivity contribution in [3.8, 4) is 0 Å². The summed E-state index contributed by atoms with van der Waals surface area (Å²) in [5, 5.41) is 2.55. The van der Waals surface area contributed by atoms with Crippen LogP contribution in [0.15, 0.2) is 30.3 Å². The molecule has 0 aliphatic rings. The molecular formula is C14H20N2O3. The summed E-state index contributed by atoms with van der Waals surface area (Å²) in [6.45, 7) is 3.58. The number of ether oxygens (including phenoxy) is 1. The van der Waals surface area contributed by atoms with E-state index in [-0.39, 0.29) is 12.5 Å². The maximum Gasteiger partial charge on any atom is 0.328 e. The molecule has 0 radical (unpaired) electrons. The Balaban J connectivity index is 2.47. The molecular weight excluding hydrogens is 244 g/mol. The number of hydrogen-bond acceptors (Lipinski definition) is 4. The van der Waals surface area contributed by atoms with Crippen molar-refractivity contribution in [2.75, 3.05) is 6.61 Å². The molecule has 1 amide bonds. The lowest BCUT2D eigenvalue weighted by Crippen LogP contribution is -2.48. The zero-order valence-electron chi connectivity index (χ0n) is 11.3. The third kappa shape index (κ3) is 5.09. The maximum atomic E-state index is 11.8. The number of nitrogens with two attached hydrogens (primary N) is 1. The SMILES string of the molecule is CCOC(=O)C(C)NC(=O)[C@@H](N)Cc1ccccc1. The van der Waals surface area contributed by atoms with Gasteiger partial charge in [-0.25, -0.2) is 4.79 Å². The van der Waals surface area contributed by atoms with Gasteiger partial charge >= 0.3 is 5.97 Å². The van der Waals surface area contributed by atoms with Crippen LogP contribution in [-0.4, -0.2) is 30.6 Å². The molecule has 3 N–H and O–H groups in total. The highest BCUT2D eigenvalue weighted by atomic mass is 16.5. The Bertz CT molecular complexity index is 420. The minimum Gasteiger partial charge on any atom is -0.464 e. The number of esters is 1. The summed E-state index contributed by atoms with van der Waals surface area (Å²) in [6, 6.07) is 8.12. The second-order valence-corrected chi connectivity index (χ2v) is 4.28. The van der Waals surface area contributed by atoms with Crippen LogP contribution in [-0.2, 0) is 20.7 Å². The fourth-order valence-corrected chi connectivity index (χ4v) is 1.61. The minimum atomic E-state index is -0.686. The van der Waals surface area contributed by atoms with Crippen molar-refractivity contribution in [2.24, 2.45) is 5.73 Å². The van der Waals surface area contributed by atoms with E-state index in [0.29, 0.717) is 6.42 Å². The van der Waals surface area contributed by atoms with E-state index in [9.17, 15) is 9.59 Å². The molecule has 0 saturated carbocycles. The molecule has 5 heteroatoms. The highest BCUT2D eigenvalue weighted by Crippen LogP contribution is 2.02. The minimum absolute atomic E-state index is 0.287. The van der Waals surface area contributed by atoms with Gasteiger partial charge in [0.15, 0.2) is 0 Å². The van der Waals surface area contributed by atoms with Crippen molar-refractivity contribution in [2.45, 2.75) is 32.4 Å². The van der Waals surface area contributed by atoms with Gasteiger partial charge in [-0.3, -0.25) is 4.79 Å². The summed E-state index contributed by atoms with van der Waals surface area (Å²) < 4.78 is 4.81. The average molecular weight is 264 g/mol. The van der Waals surface area contributed by atoms with Crippen LogP contribution >= 0.6 is 0 Å². The van der Waals surface area contributed by atoms with Gasteiger partial charge in [-0.1, -0.05) is 30.3 Å². The molecule has 1 rings (SSSR count). The van der Waals surface area contributed by atoms with Crippen LogP contribution in [0.4, 0.5) is 0 Å². The van der Waals surface area contributed by atoms with E-state index < -0.39 is 18.1 Å². The van der Waals surface area contributed by atoms with Gasteiger partial charge in [-0.2, -0.15) is 0 Å². The van der Waals surface area contributed by atoms with Crippen LogP contribution < -0.4 is 11.1 Å². The summed E-state index contributed by atoms with van der Waals surface area (Å²) in [4.78, 5) is 23.2. The Kier molecular flexibility index (Phi) is 6.02. The van der Waals surface area contributed by atoms with E-state index in [4.69, 9.17) is 10.5 Å². The molecule has 1 unspecified atom stereocenters. The third-order valence-electron chi connectivity index (χ3n) is 2.63. The second-order valence-electron chi connectivity index (χ2n) is 4.28. The lowest BCUT2D eigenvalue weighted by atomic mass is 10.1. The Hall–Kier alpha value is -1.88. The average Bonchev–Trinajstić information content (AvgIpc) is 2.40. The van der Waals surface area contributed by atoms with Crippen molar-refractivity contribution >= 4 is 11.9 Å². The van der Waals surface area contributed by atoms with E-state index in [1.165, 1.54) is 0 Å². The maximum absolute atomic E-state index is 11.8. The van der Waals surface area contributed by atoms with Crippen LogP contribution in [0, 0.1) is 0 Å². The summed E-state index contributed by atoms with van der Waals surface area (Å²) in [5.74, 6) is -0.813. The first-order valence-corrected chi connectivity index (χ1v) is 6.31. The molecule has 0 fully saturated rings. The van der Waals surface area contributed by atoms with Gasteiger partial charge < -0.3 is 15.8 Å². The van der Waals surface area contributed by atoms with Gasteiger partial charge in [0, 0.05) is 0 Å². The van der Waals surface area contributed by atoms with Crippen molar-refractivity contribution in [1.29, 1.82) is 0 Å². The number of benzene rings is 1. The third-order valence-corrected chi connectivity index (χ3v) is 2.63. The van der Waals surface area contributed by atoms with E-state index in [1.807, 2.05) is 30.3 Å². The van der Waals surface area contributed by atoms with Gasteiger partial charge in [0.2, 0.25) is 5.91 Å². The molecule has 19 heavy (non-hydrogen) atoms. The monoisotopic (exact) mass is 264 g/mol. The van der Waals surface area contributed by atoms with Crippen LogP contribution in [0.5, 0.6) is 0 Å². The first kappa shape index (κ1) is 15.2. The normalized spacial score (nSPS) is 13.4. The van der Waals surface area contributed by atoms with E-state index in [1.54, 1.807) is 13.8 Å². The smallest absolute Gasteiger partial charge is 0.328 e. The van der Waals surface area contributed by atoms with Gasteiger partial charge in [0.05, 0.1) is 12.6 Å². The molecule has 0 saturated heterocycles. The van der Waals surface area contributed by atoms with E-state index in [0.717, 1.165) is 5.56 Å². The first-order valence-electron chi connectivity index (χ1n) is 6.31. The number of carbonyl (C=O) groups excluding carboxylic acids is 2. The molecule has 0 spiro atoms. The molecule has 5 nitrogen and oxygen atoms in total. The number of nitrogens with one attached hydrogen (secondary N) is 1. The molecule has 2 atom stereocenters. The van der Waals surface area contributed by atoms with Crippen molar-refractivity contribution in [3.05, 3.63) is 35.9 Å². The Labute approximate surface area is 113 Å². The van der Waals surface area contributed by atoms with Gasteiger partial charge in [-0.05, 0) is 25.8 Å². The number of hydrogen-bond donors (Lipinski definition) is 2. The van der Waals surface area contributed by atoms with Crippen LogP contribution in [0.2, 0.25) is 0 Å². The summed E-state index contributed by atoms with van der Waals surface area (Å²) in [7, 11) is 0. The number of amides is 1. The van der Waals surface area contributed by atoms with Gasteiger partial charge in [0.1, 0.15) is 6.04 Å². The topological polar surface area (TPSA) is 81.4 Å². The second kappa shape index (κ2) is 7.53. The zero-order chi connectivity index (χ0) is 14.3. The van der Waals surface area contributed by atoms with Crippen molar-refractivity contribution < 1.29 is 14.3 Å². The van der Waals surface area contributed by atoms with Crippen molar-refractivity contribution in [1.82, 2.24) is 5.32 Å². The lowest BCUT2D eigenvalue weighted by molar-refractivity contribution is -0.147. The lowest BCUT2D eigenvalue weighted by Gasteiger charge is -2.16. The summed E-state index contributed by atoms with van der Waals surface area (Å²) in [6.07, 6.45) is 0.433. The molecule has 0 aliphatic heterocycles. The van der Waals surface area contributed by atoms with Crippen LogP contribution in [0.25, 0.3) is 0 Å². The molecule has 1 aromatic rings. The molecule has 0 heterocycles. The highest BCUT2D eigenvalue weighted by Gasteiger charge is 2.20. The number of carbonyl (C=O) groups is 2. The van der Waals surface area contributed by atoms with E-state index >= 15 is 0 Å². The Morgan fingerprint density at radius 2 is 1.95 bits per heavy atom. The molecule has 0 aromatic heterocycles. The molecule has 1 aromatic carbocycles. The summed E-state index contributed by atoms with van der Waals surface area (Å²) >= 11 is 0. The number of rotatable bonds is 6. The summed E-state index contributed by atoms with van der Waals surface area (Å²) in [5.41, 5.74) is 6.79. The quantitative estimate of drug-likeness (QED) is 0.738.